The van der Waals surface area contributed by atoms with Gasteiger partial charge < -0.3 is 15.1 Å². The van der Waals surface area contributed by atoms with Gasteiger partial charge in [-0.25, -0.2) is 22.2 Å². The van der Waals surface area contributed by atoms with Crippen LogP contribution < -0.4 is 10.2 Å². The maximum atomic E-state index is 14.5. The molecule has 1 aromatic heterocycles. The predicted octanol–water partition coefficient (Wildman–Crippen LogP) is 3.35. The van der Waals surface area contributed by atoms with Gasteiger partial charge in [0.05, 0.1) is 23.8 Å². The van der Waals surface area contributed by atoms with Gasteiger partial charge in [-0.3, -0.25) is 9.78 Å². The molecular formula is C24H31F2N5O3S. The Labute approximate surface area is 204 Å². The number of hydrogen-bond acceptors (Lipinski definition) is 7. The Morgan fingerprint density at radius 3 is 2.34 bits per heavy atom. The van der Waals surface area contributed by atoms with Gasteiger partial charge in [0.1, 0.15) is 28.4 Å². The van der Waals surface area contributed by atoms with Crippen LogP contribution in [-0.2, 0) is 14.6 Å². The van der Waals surface area contributed by atoms with Crippen molar-refractivity contribution in [1.82, 2.24) is 14.9 Å². The molecule has 2 fully saturated rings. The Kier molecular flexibility index (Phi) is 7.25. The molecule has 2 aliphatic heterocycles. The molecular weight excluding hydrogens is 476 g/mol. The van der Waals surface area contributed by atoms with E-state index in [9.17, 15) is 22.0 Å². The van der Waals surface area contributed by atoms with Gasteiger partial charge >= 0.3 is 0 Å². The van der Waals surface area contributed by atoms with Crippen LogP contribution >= 0.6 is 0 Å². The van der Waals surface area contributed by atoms with Crippen molar-refractivity contribution in [2.75, 3.05) is 36.1 Å². The van der Waals surface area contributed by atoms with Crippen LogP contribution in [0.2, 0.25) is 0 Å². The number of anilines is 2. The van der Waals surface area contributed by atoms with E-state index in [1.165, 1.54) is 0 Å². The molecule has 0 bridgehead atoms. The van der Waals surface area contributed by atoms with E-state index in [1.807, 2.05) is 4.90 Å². The largest absolute Gasteiger partial charge is 0.371 e. The van der Waals surface area contributed by atoms with Crippen LogP contribution in [0.1, 0.15) is 51.1 Å². The monoisotopic (exact) mass is 507 g/mol. The fraction of sp³-hybridized carbons (Fsp3) is 0.542. The number of sulfone groups is 1. The van der Waals surface area contributed by atoms with Gasteiger partial charge in [0.2, 0.25) is 5.91 Å². The van der Waals surface area contributed by atoms with Crippen LogP contribution in [0.3, 0.4) is 0 Å². The van der Waals surface area contributed by atoms with E-state index in [-0.39, 0.29) is 17.6 Å². The molecule has 35 heavy (non-hydrogen) atoms. The summed E-state index contributed by atoms with van der Waals surface area (Å²) in [5, 5.41) is 2.81. The van der Waals surface area contributed by atoms with Crippen molar-refractivity contribution < 1.29 is 22.0 Å². The molecule has 1 amide bonds. The van der Waals surface area contributed by atoms with Gasteiger partial charge in [-0.05, 0) is 37.7 Å². The highest BCUT2D eigenvalue weighted by Gasteiger charge is 2.35. The van der Waals surface area contributed by atoms with Gasteiger partial charge in [-0.15, -0.1) is 0 Å². The number of aromatic nitrogens is 2. The number of carbonyl (C=O) groups is 1. The predicted molar refractivity (Wildman–Crippen MR) is 129 cm³/mol. The number of likely N-dealkylation sites (tertiary alicyclic amines) is 1. The summed E-state index contributed by atoms with van der Waals surface area (Å²) in [6.07, 6.45) is 7.19. The quantitative estimate of drug-likeness (QED) is 0.641. The van der Waals surface area contributed by atoms with E-state index in [2.05, 4.69) is 34.0 Å². The van der Waals surface area contributed by atoms with Crippen LogP contribution in [0.25, 0.3) is 0 Å². The second-order valence-electron chi connectivity index (χ2n) is 9.58. The van der Waals surface area contributed by atoms with Crippen molar-refractivity contribution in [3.63, 3.8) is 0 Å². The third-order valence-corrected chi connectivity index (χ3v) is 7.81. The second kappa shape index (κ2) is 10.0. The highest BCUT2D eigenvalue weighted by molar-refractivity contribution is 7.90. The first-order valence-corrected chi connectivity index (χ1v) is 13.8. The highest BCUT2D eigenvalue weighted by Crippen LogP contribution is 2.28. The van der Waals surface area contributed by atoms with Crippen LogP contribution in [0, 0.1) is 11.6 Å². The smallest absolute Gasteiger partial charge is 0.245 e. The molecule has 190 valence electrons. The van der Waals surface area contributed by atoms with E-state index in [1.54, 1.807) is 12.4 Å². The molecule has 0 aliphatic carbocycles. The minimum atomic E-state index is -3.90. The molecule has 2 saturated heterocycles. The summed E-state index contributed by atoms with van der Waals surface area (Å²) in [5.41, 5.74) is 0.733. The van der Waals surface area contributed by atoms with Gasteiger partial charge in [0.25, 0.3) is 0 Å². The van der Waals surface area contributed by atoms with Crippen molar-refractivity contribution in [2.45, 2.75) is 62.4 Å². The first kappa shape index (κ1) is 25.3. The van der Waals surface area contributed by atoms with Crippen molar-refractivity contribution in [1.29, 1.82) is 0 Å². The topological polar surface area (TPSA) is 95.5 Å². The summed E-state index contributed by atoms with van der Waals surface area (Å²) in [4.78, 5) is 25.6. The average molecular weight is 508 g/mol. The lowest BCUT2D eigenvalue weighted by Gasteiger charge is -2.42. The Morgan fingerprint density at radius 2 is 1.74 bits per heavy atom. The third-order valence-electron chi connectivity index (χ3n) is 6.70. The maximum Gasteiger partial charge on any atom is 0.245 e. The number of carbonyl (C=O) groups excluding carboxylic acids is 1. The Hall–Kier alpha value is -2.82. The van der Waals surface area contributed by atoms with Gasteiger partial charge in [-0.2, -0.15) is 0 Å². The van der Waals surface area contributed by atoms with E-state index >= 15 is 0 Å². The zero-order valence-electron chi connectivity index (χ0n) is 20.2. The minimum Gasteiger partial charge on any atom is -0.371 e. The molecule has 2 aromatic rings. The summed E-state index contributed by atoms with van der Waals surface area (Å²) < 4.78 is 52.1. The molecule has 0 saturated carbocycles. The van der Waals surface area contributed by atoms with Crippen molar-refractivity contribution in [3.8, 4) is 0 Å². The number of amides is 1. The maximum absolute atomic E-state index is 14.5. The molecule has 1 aromatic carbocycles. The first-order valence-electron chi connectivity index (χ1n) is 11.9. The summed E-state index contributed by atoms with van der Waals surface area (Å²) in [6, 6.07) is 0.821. The Morgan fingerprint density at radius 1 is 1.03 bits per heavy atom. The summed E-state index contributed by atoms with van der Waals surface area (Å²) in [5.74, 6) is -0.963. The van der Waals surface area contributed by atoms with Crippen molar-refractivity contribution in [2.24, 2.45) is 0 Å². The van der Waals surface area contributed by atoms with Gasteiger partial charge in [0, 0.05) is 38.0 Å². The number of piperidine rings is 2. The normalized spacial score (nSPS) is 19.9. The fourth-order valence-corrected chi connectivity index (χ4v) is 5.44. The zero-order chi connectivity index (χ0) is 25.3. The number of benzene rings is 1. The number of nitrogens with zero attached hydrogens (tertiary/aromatic N) is 4. The van der Waals surface area contributed by atoms with E-state index in [0.29, 0.717) is 24.9 Å². The molecule has 8 nitrogen and oxygen atoms in total. The number of hydrogen-bond donors (Lipinski definition) is 1. The van der Waals surface area contributed by atoms with Gasteiger partial charge in [0.15, 0.2) is 9.84 Å². The van der Waals surface area contributed by atoms with E-state index < -0.39 is 32.4 Å². The molecule has 0 spiro atoms. The minimum absolute atomic E-state index is 0.0560. The lowest BCUT2D eigenvalue weighted by molar-refractivity contribution is -0.137. The first-order chi connectivity index (χ1) is 16.5. The lowest BCUT2D eigenvalue weighted by Crippen LogP contribution is -2.54. The molecule has 1 N–H and O–H groups in total. The molecule has 3 heterocycles. The van der Waals surface area contributed by atoms with E-state index in [4.69, 9.17) is 0 Å². The molecule has 2 aliphatic rings. The summed E-state index contributed by atoms with van der Waals surface area (Å²) in [7, 11) is -3.90. The average Bonchev–Trinajstić information content (AvgIpc) is 2.82. The second-order valence-corrected chi connectivity index (χ2v) is 11.6. The molecule has 11 heteroatoms. The molecule has 4 rings (SSSR count). The fourth-order valence-electron chi connectivity index (χ4n) is 4.71. The van der Waals surface area contributed by atoms with Crippen LogP contribution in [0.5, 0.6) is 0 Å². The Balaban J connectivity index is 1.40. The van der Waals surface area contributed by atoms with Crippen molar-refractivity contribution >= 4 is 27.2 Å². The molecule has 0 unspecified atom stereocenters. The van der Waals surface area contributed by atoms with Crippen LogP contribution in [0.4, 0.5) is 20.3 Å². The molecule has 0 radical (unpaired) electrons. The summed E-state index contributed by atoms with van der Waals surface area (Å²) >= 11 is 0. The number of nitrogens with one attached hydrogen (secondary N) is 1. The van der Waals surface area contributed by atoms with Gasteiger partial charge in [-0.1, -0.05) is 13.8 Å². The highest BCUT2D eigenvalue weighted by atomic mass is 32.2. The number of rotatable bonds is 6. The third kappa shape index (κ3) is 5.55. The van der Waals surface area contributed by atoms with Crippen molar-refractivity contribution in [3.05, 3.63) is 41.9 Å². The Bertz CT molecular complexity index is 1180. The van der Waals surface area contributed by atoms with Crippen LogP contribution in [0.15, 0.2) is 29.4 Å². The number of halogens is 2. The summed E-state index contributed by atoms with van der Waals surface area (Å²) in [6.45, 7) is 6.25. The standard InChI is InChI=1S/C24H31F2N5O3S/c1-15(2)21-13-28-23(14-27-21)30-9-6-16(7-10-30)31-8-4-5-19(24(31)32)29-20-11-18(26)22(12-17(20)25)35(3,33)34/h11-16,19,29H,4-10H2,1-3H3/t19-/m0/s1. The van der Waals surface area contributed by atoms with Crippen LogP contribution in [-0.4, -0.2) is 67.2 Å². The van der Waals surface area contributed by atoms with E-state index in [0.717, 1.165) is 56.2 Å². The lowest BCUT2D eigenvalue weighted by atomic mass is 9.97. The zero-order valence-corrected chi connectivity index (χ0v) is 21.0. The molecule has 1 atom stereocenters. The SMILES string of the molecule is CC(C)c1cnc(N2CCC(N3CCC[C@H](Nc4cc(F)c(S(C)(=O)=O)cc4F)C3=O)CC2)cn1.